The first-order valence-corrected chi connectivity index (χ1v) is 11.9. The molecular formula is C29H33NO6. The Kier molecular flexibility index (Phi) is 9.89. The second-order valence-corrected chi connectivity index (χ2v) is 8.43. The molecule has 0 spiro atoms. The first kappa shape index (κ1) is 26.8. The largest absolute Gasteiger partial charge is 0.493 e. The van der Waals surface area contributed by atoms with E-state index >= 15 is 0 Å². The van der Waals surface area contributed by atoms with E-state index in [9.17, 15) is 14.7 Å². The van der Waals surface area contributed by atoms with Crippen molar-refractivity contribution < 1.29 is 28.9 Å². The highest BCUT2D eigenvalue weighted by Crippen LogP contribution is 2.30. The third-order valence-electron chi connectivity index (χ3n) is 5.78. The predicted octanol–water partition coefficient (Wildman–Crippen LogP) is 4.72. The van der Waals surface area contributed by atoms with Gasteiger partial charge in [0.2, 0.25) is 6.10 Å². The molecule has 0 aliphatic heterocycles. The lowest BCUT2D eigenvalue weighted by Gasteiger charge is -2.35. The minimum Gasteiger partial charge on any atom is -0.493 e. The molecule has 0 bridgehead atoms. The number of rotatable bonds is 13. The Morgan fingerprint density at radius 1 is 0.861 bits per heavy atom. The Bertz CT molecular complexity index is 1080. The van der Waals surface area contributed by atoms with Crippen molar-refractivity contribution in [2.24, 2.45) is 0 Å². The van der Waals surface area contributed by atoms with E-state index < -0.39 is 24.1 Å². The van der Waals surface area contributed by atoms with E-state index in [1.807, 2.05) is 79.7 Å². The monoisotopic (exact) mass is 491 g/mol. The maximum atomic E-state index is 12.4. The van der Waals surface area contributed by atoms with Crippen LogP contribution < -0.4 is 9.47 Å². The molecule has 36 heavy (non-hydrogen) atoms. The molecule has 0 aliphatic rings. The van der Waals surface area contributed by atoms with Gasteiger partial charge in [-0.05, 0) is 42.2 Å². The van der Waals surface area contributed by atoms with E-state index in [2.05, 4.69) is 4.90 Å². The van der Waals surface area contributed by atoms with Crippen LogP contribution in [0.2, 0.25) is 0 Å². The van der Waals surface area contributed by atoms with Crippen molar-refractivity contribution in [3.8, 4) is 11.5 Å². The average Bonchev–Trinajstić information content (AvgIpc) is 2.87. The number of carboxylic acids is 1. The van der Waals surface area contributed by atoms with E-state index in [1.165, 1.54) is 6.92 Å². The van der Waals surface area contributed by atoms with E-state index in [-0.39, 0.29) is 0 Å². The fraction of sp³-hybridized carbons (Fsp3) is 0.310. The lowest BCUT2D eigenvalue weighted by Crippen LogP contribution is -2.49. The van der Waals surface area contributed by atoms with Gasteiger partial charge in [-0.15, -0.1) is 0 Å². The van der Waals surface area contributed by atoms with Crippen LogP contribution in [0.3, 0.4) is 0 Å². The third kappa shape index (κ3) is 7.58. The highest BCUT2D eigenvalue weighted by Gasteiger charge is 2.36. The Morgan fingerprint density at radius 3 is 1.92 bits per heavy atom. The van der Waals surface area contributed by atoms with Crippen molar-refractivity contribution in [3.05, 3.63) is 95.6 Å². The number of ether oxygens (including phenoxy) is 3. The van der Waals surface area contributed by atoms with Crippen molar-refractivity contribution in [1.82, 2.24) is 4.90 Å². The van der Waals surface area contributed by atoms with Gasteiger partial charge in [0.25, 0.3) is 0 Å². The number of nitrogens with zero attached hydrogens (tertiary/aromatic N) is 1. The molecular weight excluding hydrogens is 458 g/mol. The summed E-state index contributed by atoms with van der Waals surface area (Å²) < 4.78 is 16.5. The Hall–Kier alpha value is -3.84. The Balaban J connectivity index is 2.05. The van der Waals surface area contributed by atoms with E-state index in [4.69, 9.17) is 14.2 Å². The highest BCUT2D eigenvalue weighted by atomic mass is 16.6. The third-order valence-corrected chi connectivity index (χ3v) is 5.78. The first-order valence-electron chi connectivity index (χ1n) is 11.9. The summed E-state index contributed by atoms with van der Waals surface area (Å²) in [7, 11) is 1.57. The molecule has 0 fully saturated rings. The van der Waals surface area contributed by atoms with Gasteiger partial charge in [-0.25, -0.2) is 4.79 Å². The minimum absolute atomic E-state index is 0.313. The van der Waals surface area contributed by atoms with Crippen LogP contribution in [0.25, 0.3) is 0 Å². The van der Waals surface area contributed by atoms with Crippen LogP contribution in [-0.2, 0) is 33.8 Å². The Morgan fingerprint density at radius 2 is 1.44 bits per heavy atom. The summed E-state index contributed by atoms with van der Waals surface area (Å²) in [6.45, 7) is 4.52. The van der Waals surface area contributed by atoms with Crippen LogP contribution in [0, 0.1) is 0 Å². The number of carbonyl (C=O) groups excluding carboxylic acids is 1. The van der Waals surface area contributed by atoms with Crippen molar-refractivity contribution in [3.63, 3.8) is 0 Å². The quantitative estimate of drug-likeness (QED) is 0.346. The van der Waals surface area contributed by atoms with Gasteiger partial charge in [0, 0.05) is 20.0 Å². The standard InChI is InChI=1S/C29H33NO6/c1-4-35-27-18-24(15-16-26(27)34-3)17-25(28(29(32)33)36-21(2)31)30(19-22-11-7-5-8-12-22)20-23-13-9-6-10-14-23/h5-16,18,25,28H,4,17,19-20H2,1-3H3,(H,32,33). The molecule has 3 rings (SSSR count). The number of methoxy groups -OCH3 is 1. The first-order chi connectivity index (χ1) is 17.4. The van der Waals surface area contributed by atoms with Gasteiger partial charge in [-0.1, -0.05) is 66.7 Å². The smallest absolute Gasteiger partial charge is 0.346 e. The molecule has 3 aromatic rings. The van der Waals surface area contributed by atoms with Gasteiger partial charge in [-0.2, -0.15) is 0 Å². The van der Waals surface area contributed by atoms with Crippen molar-refractivity contribution in [1.29, 1.82) is 0 Å². The number of benzene rings is 3. The van der Waals surface area contributed by atoms with Crippen molar-refractivity contribution in [2.75, 3.05) is 13.7 Å². The van der Waals surface area contributed by atoms with Gasteiger partial charge in [-0.3, -0.25) is 9.69 Å². The SMILES string of the molecule is CCOc1cc(CC(C(OC(C)=O)C(=O)O)N(Cc2ccccc2)Cc2ccccc2)ccc1OC. The number of carboxylic acid groups (broad SMARTS) is 1. The molecule has 190 valence electrons. The van der Waals surface area contributed by atoms with Crippen LogP contribution >= 0.6 is 0 Å². The van der Waals surface area contributed by atoms with E-state index in [0.29, 0.717) is 37.6 Å². The second-order valence-electron chi connectivity index (χ2n) is 8.43. The molecule has 2 atom stereocenters. The molecule has 0 saturated heterocycles. The van der Waals surface area contributed by atoms with E-state index in [1.54, 1.807) is 13.2 Å². The molecule has 7 heteroatoms. The zero-order chi connectivity index (χ0) is 25.9. The lowest BCUT2D eigenvalue weighted by atomic mass is 9.97. The van der Waals surface area contributed by atoms with Crippen LogP contribution in [-0.4, -0.2) is 47.8 Å². The number of esters is 1. The van der Waals surface area contributed by atoms with Crippen LogP contribution in [0.1, 0.15) is 30.5 Å². The summed E-state index contributed by atoms with van der Waals surface area (Å²) >= 11 is 0. The predicted molar refractivity (Wildman–Crippen MR) is 137 cm³/mol. The van der Waals surface area contributed by atoms with Gasteiger partial charge < -0.3 is 19.3 Å². The maximum Gasteiger partial charge on any atom is 0.346 e. The van der Waals surface area contributed by atoms with Crippen LogP contribution in [0.4, 0.5) is 0 Å². The maximum absolute atomic E-state index is 12.4. The molecule has 2 unspecified atom stereocenters. The van der Waals surface area contributed by atoms with Gasteiger partial charge in [0.1, 0.15) is 0 Å². The molecule has 3 aromatic carbocycles. The van der Waals surface area contributed by atoms with Crippen LogP contribution in [0.5, 0.6) is 11.5 Å². The topological polar surface area (TPSA) is 85.3 Å². The molecule has 0 aliphatic carbocycles. The van der Waals surface area contributed by atoms with Crippen molar-refractivity contribution >= 4 is 11.9 Å². The normalized spacial score (nSPS) is 12.6. The summed E-state index contributed by atoms with van der Waals surface area (Å²) in [5.74, 6) is -0.665. The minimum atomic E-state index is -1.37. The summed E-state index contributed by atoms with van der Waals surface area (Å²) in [5.41, 5.74) is 2.89. The fourth-order valence-corrected chi connectivity index (χ4v) is 4.18. The summed E-state index contributed by atoms with van der Waals surface area (Å²) in [6, 6.07) is 24.5. The Labute approximate surface area is 212 Å². The number of aliphatic carboxylic acids is 1. The molecule has 1 N–H and O–H groups in total. The second kappa shape index (κ2) is 13.3. The van der Waals surface area contributed by atoms with Crippen molar-refractivity contribution in [2.45, 2.75) is 45.5 Å². The summed E-state index contributed by atoms with van der Waals surface area (Å²) in [4.78, 5) is 26.4. The fourth-order valence-electron chi connectivity index (χ4n) is 4.18. The zero-order valence-corrected chi connectivity index (χ0v) is 20.9. The number of carbonyl (C=O) groups is 2. The van der Waals surface area contributed by atoms with Gasteiger partial charge >= 0.3 is 11.9 Å². The molecule has 7 nitrogen and oxygen atoms in total. The molecule has 0 amide bonds. The average molecular weight is 492 g/mol. The number of hydrogen-bond acceptors (Lipinski definition) is 6. The molecule has 0 heterocycles. The molecule has 0 saturated carbocycles. The highest BCUT2D eigenvalue weighted by molar-refractivity contribution is 5.77. The molecule has 0 radical (unpaired) electrons. The molecule has 0 aromatic heterocycles. The summed E-state index contributed by atoms with van der Waals surface area (Å²) in [6.07, 6.45) is -1.05. The number of hydrogen-bond donors (Lipinski definition) is 1. The zero-order valence-electron chi connectivity index (χ0n) is 20.9. The van der Waals surface area contributed by atoms with E-state index in [0.717, 1.165) is 16.7 Å². The lowest BCUT2D eigenvalue weighted by molar-refractivity contribution is -0.168. The summed E-state index contributed by atoms with van der Waals surface area (Å²) in [5, 5.41) is 10.1. The van der Waals surface area contributed by atoms with Gasteiger partial charge in [0.15, 0.2) is 11.5 Å². The van der Waals surface area contributed by atoms with Gasteiger partial charge in [0.05, 0.1) is 19.8 Å². The van der Waals surface area contributed by atoms with Crippen LogP contribution in [0.15, 0.2) is 78.9 Å².